The summed E-state index contributed by atoms with van der Waals surface area (Å²) in [6.45, 7) is 14.1. The molecule has 4 rings (SSSR count). The largest absolute Gasteiger partial charge is 0.493 e. The van der Waals surface area contributed by atoms with Crippen molar-refractivity contribution in [2.24, 2.45) is 5.92 Å². The number of β-lactam (4-membered cyclic amide) rings is 1. The SMILES string of the molecule is CCCCOCc1ccc([C@@H]2C(CC[C@H](CC(C)(C)[Si](C)(C)O)c3ccc(F)cc3)C(=O)N2c2ccc(F)cc2)c(OCCCC)c1. The predicted octanol–water partition coefficient (Wildman–Crippen LogP) is 10.1. The van der Waals surface area contributed by atoms with Crippen molar-refractivity contribution in [1.29, 1.82) is 0 Å². The van der Waals surface area contributed by atoms with Crippen LogP contribution < -0.4 is 9.64 Å². The van der Waals surface area contributed by atoms with Crippen LogP contribution in [-0.4, -0.2) is 32.2 Å². The zero-order valence-corrected chi connectivity index (χ0v) is 30.0. The van der Waals surface area contributed by atoms with E-state index in [-0.39, 0.29) is 40.5 Å². The quantitative estimate of drug-likeness (QED) is 0.0835. The van der Waals surface area contributed by atoms with Gasteiger partial charge in [0.25, 0.3) is 0 Å². The second-order valence-electron chi connectivity index (χ2n) is 14.2. The third kappa shape index (κ3) is 9.30. The van der Waals surface area contributed by atoms with Crippen LogP contribution in [0.3, 0.4) is 0 Å². The number of benzene rings is 3. The molecule has 5 nitrogen and oxygen atoms in total. The molecule has 1 N–H and O–H groups in total. The Balaban J connectivity index is 1.68. The van der Waals surface area contributed by atoms with Crippen LogP contribution in [0.5, 0.6) is 5.75 Å². The monoisotopic (exact) mass is 665 g/mol. The number of hydrogen-bond donors (Lipinski definition) is 1. The van der Waals surface area contributed by atoms with Gasteiger partial charge in [-0.3, -0.25) is 4.79 Å². The molecule has 1 heterocycles. The molecular formula is C39H53F2NO4Si. The molecule has 0 saturated carbocycles. The van der Waals surface area contributed by atoms with Crippen molar-refractivity contribution in [3.63, 3.8) is 0 Å². The zero-order valence-electron chi connectivity index (χ0n) is 29.0. The molecule has 1 aliphatic heterocycles. The van der Waals surface area contributed by atoms with Gasteiger partial charge in [0, 0.05) is 17.9 Å². The molecule has 3 aromatic rings. The maximum Gasteiger partial charge on any atom is 0.233 e. The molecule has 0 bridgehead atoms. The van der Waals surface area contributed by atoms with Crippen molar-refractivity contribution in [1.82, 2.24) is 0 Å². The topological polar surface area (TPSA) is 59.0 Å². The van der Waals surface area contributed by atoms with Crippen LogP contribution in [0.2, 0.25) is 18.1 Å². The highest BCUT2D eigenvalue weighted by Gasteiger charge is 2.50. The number of nitrogens with zero attached hydrogens (tertiary/aromatic N) is 1. The summed E-state index contributed by atoms with van der Waals surface area (Å²) in [5.74, 6) is -0.212. The van der Waals surface area contributed by atoms with Crippen LogP contribution in [0.4, 0.5) is 14.5 Å². The van der Waals surface area contributed by atoms with Gasteiger partial charge >= 0.3 is 0 Å². The number of carbonyl (C=O) groups is 1. The highest BCUT2D eigenvalue weighted by molar-refractivity contribution is 6.72. The number of unbranched alkanes of at least 4 members (excludes halogenated alkanes) is 2. The second kappa shape index (κ2) is 16.4. The Morgan fingerprint density at radius 3 is 2.15 bits per heavy atom. The van der Waals surface area contributed by atoms with Crippen molar-refractivity contribution < 1.29 is 27.8 Å². The molecule has 1 aliphatic rings. The van der Waals surface area contributed by atoms with Crippen molar-refractivity contribution >= 4 is 19.9 Å². The van der Waals surface area contributed by atoms with Crippen LogP contribution >= 0.6 is 0 Å². The summed E-state index contributed by atoms with van der Waals surface area (Å²) < 4.78 is 40.2. The van der Waals surface area contributed by atoms with Crippen molar-refractivity contribution in [2.75, 3.05) is 18.1 Å². The Labute approximate surface area is 281 Å². The number of hydrogen-bond acceptors (Lipinski definition) is 4. The average Bonchev–Trinajstić information content (AvgIpc) is 3.02. The van der Waals surface area contributed by atoms with Crippen LogP contribution in [0.1, 0.15) is 101 Å². The number of halogens is 2. The average molecular weight is 666 g/mol. The molecule has 1 unspecified atom stereocenters. The number of ether oxygens (including phenoxy) is 2. The summed E-state index contributed by atoms with van der Waals surface area (Å²) in [7, 11) is -2.53. The molecule has 0 aromatic heterocycles. The van der Waals surface area contributed by atoms with Crippen molar-refractivity contribution in [3.05, 3.63) is 95.1 Å². The van der Waals surface area contributed by atoms with E-state index in [0.717, 1.165) is 54.5 Å². The normalized spacial score (nSPS) is 17.5. The second-order valence-corrected chi connectivity index (χ2v) is 18.7. The highest BCUT2D eigenvalue weighted by atomic mass is 28.4. The minimum Gasteiger partial charge on any atom is -0.493 e. The van der Waals surface area contributed by atoms with E-state index in [1.54, 1.807) is 17.0 Å². The van der Waals surface area contributed by atoms with E-state index < -0.39 is 8.32 Å². The fourth-order valence-electron chi connectivity index (χ4n) is 6.24. The molecule has 1 amide bonds. The number of rotatable bonds is 18. The number of amides is 1. The summed E-state index contributed by atoms with van der Waals surface area (Å²) in [6.07, 6.45) is 5.99. The van der Waals surface area contributed by atoms with Crippen LogP contribution in [0.25, 0.3) is 0 Å². The van der Waals surface area contributed by atoms with Crippen molar-refractivity contribution in [3.8, 4) is 5.75 Å². The number of anilines is 1. The van der Waals surface area contributed by atoms with Gasteiger partial charge < -0.3 is 19.2 Å². The van der Waals surface area contributed by atoms with Gasteiger partial charge in [-0.15, -0.1) is 0 Å². The minimum absolute atomic E-state index is 0.0120. The molecule has 3 atom stereocenters. The lowest BCUT2D eigenvalue weighted by Crippen LogP contribution is -2.55. The summed E-state index contributed by atoms with van der Waals surface area (Å²) >= 11 is 0. The predicted molar refractivity (Wildman–Crippen MR) is 188 cm³/mol. The van der Waals surface area contributed by atoms with Crippen molar-refractivity contribution in [2.45, 2.75) is 109 Å². The third-order valence-corrected chi connectivity index (χ3v) is 13.5. The number of carbonyl (C=O) groups excluding carboxylic acids is 1. The van der Waals surface area contributed by atoms with Gasteiger partial charge in [-0.25, -0.2) is 8.78 Å². The minimum atomic E-state index is -2.53. The third-order valence-electron chi connectivity index (χ3n) is 9.96. The van der Waals surface area contributed by atoms with Gasteiger partial charge in [0.05, 0.1) is 25.2 Å². The van der Waals surface area contributed by atoms with Gasteiger partial charge in [0.1, 0.15) is 17.4 Å². The summed E-state index contributed by atoms with van der Waals surface area (Å²) in [6, 6.07) is 18.5. The van der Waals surface area contributed by atoms with E-state index in [1.807, 2.05) is 31.3 Å². The van der Waals surface area contributed by atoms with E-state index in [9.17, 15) is 18.4 Å². The first-order valence-electron chi connectivity index (χ1n) is 17.3. The Morgan fingerprint density at radius 1 is 0.915 bits per heavy atom. The van der Waals surface area contributed by atoms with E-state index in [2.05, 4.69) is 39.8 Å². The maximum atomic E-state index is 14.0. The van der Waals surface area contributed by atoms with E-state index in [0.29, 0.717) is 38.3 Å². The smallest absolute Gasteiger partial charge is 0.233 e. The molecule has 47 heavy (non-hydrogen) atoms. The Bertz CT molecular complexity index is 1440. The Hall–Kier alpha value is -3.07. The molecule has 0 spiro atoms. The van der Waals surface area contributed by atoms with Crippen LogP contribution in [0, 0.1) is 17.6 Å². The van der Waals surface area contributed by atoms with Crippen LogP contribution in [-0.2, 0) is 16.1 Å². The lowest BCUT2D eigenvalue weighted by atomic mass is 9.75. The molecule has 1 fully saturated rings. The lowest BCUT2D eigenvalue weighted by molar-refractivity contribution is -0.130. The first-order valence-corrected chi connectivity index (χ1v) is 20.2. The van der Waals surface area contributed by atoms with Crippen LogP contribution in [0.15, 0.2) is 66.7 Å². The first-order chi connectivity index (χ1) is 22.4. The fourth-order valence-corrected chi connectivity index (χ4v) is 6.99. The maximum absolute atomic E-state index is 14.0. The Kier molecular flexibility index (Phi) is 12.8. The van der Waals surface area contributed by atoms with Gasteiger partial charge in [0.2, 0.25) is 5.91 Å². The molecule has 256 valence electrons. The molecule has 3 aromatic carbocycles. The summed E-state index contributed by atoms with van der Waals surface area (Å²) in [5, 5.41) is -0.301. The fraction of sp³-hybridized carbons (Fsp3) is 0.513. The van der Waals surface area contributed by atoms with Gasteiger partial charge in [-0.1, -0.05) is 64.8 Å². The molecule has 8 heteroatoms. The van der Waals surface area contributed by atoms with Gasteiger partial charge in [0.15, 0.2) is 8.32 Å². The zero-order chi connectivity index (χ0) is 34.2. The summed E-state index contributed by atoms with van der Waals surface area (Å²) in [4.78, 5) is 26.9. The highest BCUT2D eigenvalue weighted by Crippen LogP contribution is 2.51. The van der Waals surface area contributed by atoms with E-state index in [4.69, 9.17) is 9.47 Å². The molecule has 0 aliphatic carbocycles. The first kappa shape index (κ1) is 36.8. The summed E-state index contributed by atoms with van der Waals surface area (Å²) in [5.41, 5.74) is 3.59. The van der Waals surface area contributed by atoms with Gasteiger partial charge in [-0.2, -0.15) is 0 Å². The standard InChI is InChI=1S/C39H53F2NO4Si/c1-7-9-23-45-27-28-11-21-34(36(25-28)46-24-10-8-2)37-35(38(43)42(37)33-19-17-32(41)18-20-33)22-14-30(26-39(3,4)47(5,6)44)29-12-15-31(40)16-13-29/h11-13,15-21,25,30,35,37,44H,7-10,14,22-24,26-27H2,1-6H3/t30-,35?,37-/m1/s1. The van der Waals surface area contributed by atoms with E-state index in [1.165, 1.54) is 24.3 Å². The van der Waals surface area contributed by atoms with E-state index >= 15 is 0 Å². The van der Waals surface area contributed by atoms with Gasteiger partial charge in [-0.05, 0) is 110 Å². The molecule has 0 radical (unpaired) electrons. The Morgan fingerprint density at radius 2 is 1.53 bits per heavy atom. The molecule has 1 saturated heterocycles. The lowest BCUT2D eigenvalue weighted by Gasteiger charge is -2.48. The molecular weight excluding hydrogens is 613 g/mol.